The normalized spacial score (nSPS) is 28.2. The first kappa shape index (κ1) is 13.9. The lowest BCUT2D eigenvalue weighted by Crippen LogP contribution is -2.27. The Balaban J connectivity index is 2.02. The standard InChI is InChI=1S/C20H20O/c1-15-12-19(21)14-20(13-18(15)9-8-16(20)2)11-10-17-6-4-3-5-7-17/h3-8,18H,1,9,12-14H2,2H3/t18-,20+/m1/s1. The number of Topliss-reactive ketones (excluding diaryl/α,β-unsaturated/α-hetero) is 1. The van der Waals surface area contributed by atoms with Crippen molar-refractivity contribution in [1.82, 2.24) is 0 Å². The summed E-state index contributed by atoms with van der Waals surface area (Å²) in [6.45, 7) is 6.24. The summed E-state index contributed by atoms with van der Waals surface area (Å²) in [4.78, 5) is 12.2. The summed E-state index contributed by atoms with van der Waals surface area (Å²) in [5.74, 6) is 7.41. The van der Waals surface area contributed by atoms with Crippen molar-refractivity contribution in [2.75, 3.05) is 0 Å². The van der Waals surface area contributed by atoms with E-state index in [-0.39, 0.29) is 11.2 Å². The number of hydrogen-bond acceptors (Lipinski definition) is 1. The molecule has 0 N–H and O–H groups in total. The first-order chi connectivity index (χ1) is 10.1. The van der Waals surface area contributed by atoms with Gasteiger partial charge in [-0.3, -0.25) is 4.79 Å². The number of carbonyl (C=O) groups is 1. The van der Waals surface area contributed by atoms with E-state index in [1.54, 1.807) is 0 Å². The Morgan fingerprint density at radius 2 is 2.05 bits per heavy atom. The van der Waals surface area contributed by atoms with Crippen LogP contribution >= 0.6 is 0 Å². The van der Waals surface area contributed by atoms with Crippen molar-refractivity contribution in [2.45, 2.75) is 32.6 Å². The Labute approximate surface area is 126 Å². The second kappa shape index (κ2) is 5.37. The summed E-state index contributed by atoms with van der Waals surface area (Å²) < 4.78 is 0. The van der Waals surface area contributed by atoms with E-state index in [9.17, 15) is 4.79 Å². The van der Waals surface area contributed by atoms with Crippen LogP contribution in [0.4, 0.5) is 0 Å². The fourth-order valence-corrected chi connectivity index (χ4v) is 3.41. The minimum Gasteiger partial charge on any atom is -0.299 e. The molecule has 3 rings (SSSR count). The molecule has 1 nitrogen and oxygen atoms in total. The predicted octanol–water partition coefficient (Wildman–Crippen LogP) is 4.30. The second-order valence-corrected chi connectivity index (χ2v) is 6.27. The molecule has 0 heterocycles. The molecule has 2 aliphatic rings. The van der Waals surface area contributed by atoms with E-state index in [1.165, 1.54) is 5.57 Å². The molecule has 0 saturated heterocycles. The smallest absolute Gasteiger partial charge is 0.138 e. The lowest BCUT2D eigenvalue weighted by molar-refractivity contribution is -0.119. The molecule has 1 aromatic rings. The van der Waals surface area contributed by atoms with Crippen LogP contribution < -0.4 is 0 Å². The van der Waals surface area contributed by atoms with Gasteiger partial charge in [0.15, 0.2) is 0 Å². The van der Waals surface area contributed by atoms with E-state index >= 15 is 0 Å². The Hall–Kier alpha value is -2.07. The van der Waals surface area contributed by atoms with Gasteiger partial charge in [-0.05, 0) is 37.8 Å². The van der Waals surface area contributed by atoms with Crippen molar-refractivity contribution >= 4 is 5.78 Å². The fraction of sp³-hybridized carbons (Fsp3) is 0.350. The maximum absolute atomic E-state index is 12.2. The molecule has 0 radical (unpaired) electrons. The Bertz CT molecular complexity index is 669. The number of carbonyl (C=O) groups excluding carboxylic acids is 1. The SMILES string of the molecule is C=C1CC(=O)C[C@]2(C#Cc3ccccc3)C[C@H]1CC=C2C. The Morgan fingerprint density at radius 1 is 1.29 bits per heavy atom. The van der Waals surface area contributed by atoms with Crippen molar-refractivity contribution in [1.29, 1.82) is 0 Å². The van der Waals surface area contributed by atoms with Crippen LogP contribution in [0.3, 0.4) is 0 Å². The third-order valence-electron chi connectivity index (χ3n) is 4.78. The largest absolute Gasteiger partial charge is 0.299 e. The summed E-state index contributed by atoms with van der Waals surface area (Å²) >= 11 is 0. The highest BCUT2D eigenvalue weighted by Gasteiger charge is 2.41. The van der Waals surface area contributed by atoms with Crippen molar-refractivity contribution < 1.29 is 4.79 Å². The van der Waals surface area contributed by atoms with Crippen LogP contribution in [0.25, 0.3) is 0 Å². The molecule has 2 aliphatic carbocycles. The van der Waals surface area contributed by atoms with Gasteiger partial charge in [-0.2, -0.15) is 0 Å². The van der Waals surface area contributed by atoms with E-state index in [0.29, 0.717) is 18.8 Å². The third-order valence-corrected chi connectivity index (χ3v) is 4.78. The quantitative estimate of drug-likeness (QED) is 0.510. The molecule has 1 heteroatoms. The topological polar surface area (TPSA) is 17.1 Å². The fourth-order valence-electron chi connectivity index (χ4n) is 3.41. The molecule has 0 aliphatic heterocycles. The number of fused-ring (bicyclic) bond motifs is 2. The monoisotopic (exact) mass is 276 g/mol. The molecule has 1 saturated carbocycles. The van der Waals surface area contributed by atoms with Crippen molar-refractivity contribution in [2.24, 2.45) is 11.3 Å². The van der Waals surface area contributed by atoms with Gasteiger partial charge in [0.05, 0.1) is 5.41 Å². The average molecular weight is 276 g/mol. The van der Waals surface area contributed by atoms with E-state index < -0.39 is 0 Å². The molecule has 0 spiro atoms. The molecule has 1 aromatic carbocycles. The highest BCUT2D eigenvalue weighted by molar-refractivity contribution is 5.83. The molecular weight excluding hydrogens is 256 g/mol. The zero-order chi connectivity index (χ0) is 14.9. The van der Waals surface area contributed by atoms with Crippen molar-refractivity contribution in [3.8, 4) is 11.8 Å². The predicted molar refractivity (Wildman–Crippen MR) is 85.6 cm³/mol. The Kier molecular flexibility index (Phi) is 3.55. The van der Waals surface area contributed by atoms with E-state index in [0.717, 1.165) is 24.0 Å². The molecule has 0 amide bonds. The number of benzene rings is 1. The third kappa shape index (κ3) is 2.72. The van der Waals surface area contributed by atoms with Gasteiger partial charge in [-0.1, -0.05) is 53.8 Å². The van der Waals surface area contributed by atoms with Gasteiger partial charge in [0.1, 0.15) is 5.78 Å². The minimum absolute atomic E-state index is 0.277. The van der Waals surface area contributed by atoms with Crippen LogP contribution in [0.1, 0.15) is 38.2 Å². The maximum atomic E-state index is 12.2. The number of rotatable bonds is 0. The van der Waals surface area contributed by atoms with Crippen molar-refractivity contribution in [3.05, 3.63) is 59.7 Å². The average Bonchev–Trinajstić information content (AvgIpc) is 2.58. The molecule has 2 atom stereocenters. The minimum atomic E-state index is -0.282. The molecular formula is C20H20O. The number of allylic oxidation sites excluding steroid dienone is 3. The second-order valence-electron chi connectivity index (χ2n) is 6.27. The van der Waals surface area contributed by atoms with Crippen LogP contribution in [0.15, 0.2) is 54.1 Å². The van der Waals surface area contributed by atoms with Gasteiger partial charge in [0.25, 0.3) is 0 Å². The van der Waals surface area contributed by atoms with Crippen molar-refractivity contribution in [3.63, 3.8) is 0 Å². The first-order valence-corrected chi connectivity index (χ1v) is 7.54. The van der Waals surface area contributed by atoms with E-state index in [1.807, 2.05) is 30.3 Å². The lowest BCUT2D eigenvalue weighted by atomic mass is 9.68. The van der Waals surface area contributed by atoms with Gasteiger partial charge in [0.2, 0.25) is 0 Å². The highest BCUT2D eigenvalue weighted by atomic mass is 16.1. The maximum Gasteiger partial charge on any atom is 0.138 e. The van der Waals surface area contributed by atoms with E-state index in [2.05, 4.69) is 31.4 Å². The zero-order valence-corrected chi connectivity index (χ0v) is 12.5. The van der Waals surface area contributed by atoms with Gasteiger partial charge in [0, 0.05) is 18.4 Å². The summed E-state index contributed by atoms with van der Waals surface area (Å²) in [6.07, 6.45) is 5.27. The van der Waals surface area contributed by atoms with Crippen LogP contribution in [0, 0.1) is 23.2 Å². The molecule has 0 aromatic heterocycles. The Morgan fingerprint density at radius 3 is 2.81 bits per heavy atom. The van der Waals surface area contributed by atoms with Crippen LogP contribution in [-0.2, 0) is 4.79 Å². The molecule has 1 fully saturated rings. The van der Waals surface area contributed by atoms with Gasteiger partial charge < -0.3 is 0 Å². The van der Waals surface area contributed by atoms with Gasteiger partial charge in [-0.15, -0.1) is 0 Å². The molecule has 2 bridgehead atoms. The van der Waals surface area contributed by atoms with Gasteiger partial charge in [-0.25, -0.2) is 0 Å². The summed E-state index contributed by atoms with van der Waals surface area (Å²) in [7, 11) is 0. The van der Waals surface area contributed by atoms with Crippen LogP contribution in [0.2, 0.25) is 0 Å². The summed E-state index contributed by atoms with van der Waals surface area (Å²) in [5, 5.41) is 0. The number of ketones is 1. The van der Waals surface area contributed by atoms with Crippen LogP contribution in [-0.4, -0.2) is 5.78 Å². The summed E-state index contributed by atoms with van der Waals surface area (Å²) in [6, 6.07) is 10.0. The first-order valence-electron chi connectivity index (χ1n) is 7.54. The highest BCUT2D eigenvalue weighted by Crippen LogP contribution is 2.47. The van der Waals surface area contributed by atoms with E-state index in [4.69, 9.17) is 0 Å². The van der Waals surface area contributed by atoms with Gasteiger partial charge >= 0.3 is 0 Å². The van der Waals surface area contributed by atoms with Crippen LogP contribution in [0.5, 0.6) is 0 Å². The molecule has 0 unspecified atom stereocenters. The summed E-state index contributed by atoms with van der Waals surface area (Å²) in [5.41, 5.74) is 3.07. The molecule has 21 heavy (non-hydrogen) atoms. The zero-order valence-electron chi connectivity index (χ0n) is 12.5. The molecule has 106 valence electrons. The lowest BCUT2D eigenvalue weighted by Gasteiger charge is -2.34. The number of hydrogen-bond donors (Lipinski definition) is 0.